The zero-order valence-electron chi connectivity index (χ0n) is 14.8. The molecule has 2 amide bonds. The number of hydrogen-bond acceptors (Lipinski definition) is 4. The van der Waals surface area contributed by atoms with E-state index in [-0.39, 0.29) is 11.1 Å². The van der Waals surface area contributed by atoms with Crippen LogP contribution in [-0.2, 0) is 9.59 Å². The van der Waals surface area contributed by atoms with Crippen molar-refractivity contribution in [3.63, 3.8) is 0 Å². The number of benzene rings is 2. The van der Waals surface area contributed by atoms with Crippen LogP contribution in [0.3, 0.4) is 0 Å². The number of nitrogens with one attached hydrogen (secondary N) is 1. The summed E-state index contributed by atoms with van der Waals surface area (Å²) in [5.41, 5.74) is 3.69. The van der Waals surface area contributed by atoms with Crippen LogP contribution in [0.5, 0.6) is 0 Å². The third-order valence-corrected chi connectivity index (χ3v) is 4.52. The molecule has 0 atom stereocenters. The van der Waals surface area contributed by atoms with Crippen molar-refractivity contribution < 1.29 is 23.9 Å². The van der Waals surface area contributed by atoms with Gasteiger partial charge in [-0.25, -0.2) is 9.80 Å². The first-order valence-corrected chi connectivity index (χ1v) is 8.86. The summed E-state index contributed by atoms with van der Waals surface area (Å²) >= 11 is 5.95. The highest BCUT2D eigenvalue weighted by Gasteiger charge is 2.34. The van der Waals surface area contributed by atoms with Crippen LogP contribution in [0.1, 0.15) is 16.1 Å². The zero-order chi connectivity index (χ0) is 20.5. The average molecular weight is 409 g/mol. The third-order valence-electron chi connectivity index (χ3n) is 4.29. The molecule has 29 heavy (non-hydrogen) atoms. The van der Waals surface area contributed by atoms with Crippen molar-refractivity contribution in [2.75, 3.05) is 5.01 Å². The summed E-state index contributed by atoms with van der Waals surface area (Å²) in [6.07, 6.45) is 1.36. The number of carboxylic acid groups (broad SMARTS) is 1. The number of carbonyl (C=O) groups excluding carboxylic acids is 2. The van der Waals surface area contributed by atoms with Crippen LogP contribution in [0, 0.1) is 0 Å². The molecule has 7 nitrogen and oxygen atoms in total. The first-order valence-electron chi connectivity index (χ1n) is 8.48. The molecule has 1 aliphatic rings. The first-order chi connectivity index (χ1) is 13.9. The van der Waals surface area contributed by atoms with Gasteiger partial charge in [0.2, 0.25) is 0 Å². The summed E-state index contributed by atoms with van der Waals surface area (Å²) < 4.78 is 5.69. The van der Waals surface area contributed by atoms with Gasteiger partial charge in [0.1, 0.15) is 17.1 Å². The number of rotatable bonds is 4. The zero-order valence-corrected chi connectivity index (χ0v) is 15.5. The first kappa shape index (κ1) is 18.5. The Bertz CT molecular complexity index is 1160. The molecule has 1 aromatic heterocycles. The molecule has 0 radical (unpaired) electrons. The van der Waals surface area contributed by atoms with Crippen molar-refractivity contribution in [1.29, 1.82) is 0 Å². The minimum Gasteiger partial charge on any atom is -0.478 e. The lowest BCUT2D eigenvalue weighted by molar-refractivity contribution is -0.117. The molecule has 0 bridgehead atoms. The molecule has 0 aliphatic carbocycles. The number of hydrazine groups is 1. The van der Waals surface area contributed by atoms with Crippen LogP contribution >= 0.6 is 11.6 Å². The van der Waals surface area contributed by atoms with E-state index in [4.69, 9.17) is 21.1 Å². The number of carboxylic acids is 1. The maximum atomic E-state index is 12.6. The summed E-state index contributed by atoms with van der Waals surface area (Å²) in [6.45, 7) is 0. The van der Waals surface area contributed by atoms with Gasteiger partial charge in [-0.3, -0.25) is 15.0 Å². The fraction of sp³-hybridized carbons (Fsp3) is 0. The van der Waals surface area contributed by atoms with E-state index < -0.39 is 17.8 Å². The lowest BCUT2D eigenvalue weighted by Gasteiger charge is -2.14. The van der Waals surface area contributed by atoms with Gasteiger partial charge < -0.3 is 9.52 Å². The van der Waals surface area contributed by atoms with Crippen molar-refractivity contribution in [3.05, 3.63) is 82.6 Å². The molecular weight excluding hydrogens is 396 g/mol. The van der Waals surface area contributed by atoms with Crippen molar-refractivity contribution in [1.82, 2.24) is 5.43 Å². The van der Waals surface area contributed by atoms with Crippen molar-refractivity contribution in [2.24, 2.45) is 0 Å². The topological polar surface area (TPSA) is 99.9 Å². The van der Waals surface area contributed by atoms with E-state index in [2.05, 4.69) is 5.43 Å². The van der Waals surface area contributed by atoms with Crippen LogP contribution < -0.4 is 10.4 Å². The Morgan fingerprint density at radius 1 is 1.07 bits per heavy atom. The van der Waals surface area contributed by atoms with Gasteiger partial charge >= 0.3 is 5.97 Å². The molecule has 0 unspecified atom stereocenters. The van der Waals surface area contributed by atoms with Gasteiger partial charge in [-0.2, -0.15) is 0 Å². The van der Waals surface area contributed by atoms with Gasteiger partial charge in [-0.05, 0) is 48.5 Å². The number of anilines is 1. The van der Waals surface area contributed by atoms with Crippen LogP contribution in [0.2, 0.25) is 5.02 Å². The highest BCUT2D eigenvalue weighted by atomic mass is 35.5. The standard InChI is InChI=1S/C21H13ClN2O5/c22-14-2-1-3-15(10-14)24-20(26)17(19(25)23-24)11-16-8-9-18(29-16)12-4-6-13(7-5-12)21(27)28/h1-11H,(H,23,25)(H,27,28). The molecule has 1 fully saturated rings. The molecule has 4 rings (SSSR count). The number of halogens is 1. The Morgan fingerprint density at radius 2 is 1.83 bits per heavy atom. The van der Waals surface area contributed by atoms with E-state index in [9.17, 15) is 14.4 Å². The quantitative estimate of drug-likeness (QED) is 0.505. The summed E-state index contributed by atoms with van der Waals surface area (Å²) in [5.74, 6) is -1.31. The second kappa shape index (κ2) is 7.29. The lowest BCUT2D eigenvalue weighted by atomic mass is 10.1. The van der Waals surface area contributed by atoms with Crippen molar-refractivity contribution in [2.45, 2.75) is 0 Å². The van der Waals surface area contributed by atoms with Gasteiger partial charge in [0.05, 0.1) is 11.3 Å². The van der Waals surface area contributed by atoms with Crippen LogP contribution in [0.4, 0.5) is 5.69 Å². The van der Waals surface area contributed by atoms with E-state index in [0.29, 0.717) is 27.8 Å². The Hall–Kier alpha value is -3.84. The Morgan fingerprint density at radius 3 is 2.52 bits per heavy atom. The maximum absolute atomic E-state index is 12.6. The van der Waals surface area contributed by atoms with Crippen LogP contribution in [0.15, 0.2) is 70.7 Å². The Balaban J connectivity index is 1.59. The minimum absolute atomic E-state index is 0.0768. The third kappa shape index (κ3) is 3.63. The van der Waals surface area contributed by atoms with Gasteiger partial charge in [0, 0.05) is 10.6 Å². The second-order valence-corrected chi connectivity index (χ2v) is 6.64. The monoisotopic (exact) mass is 408 g/mol. The second-order valence-electron chi connectivity index (χ2n) is 6.20. The molecule has 0 spiro atoms. The largest absolute Gasteiger partial charge is 0.478 e. The minimum atomic E-state index is -1.02. The highest BCUT2D eigenvalue weighted by Crippen LogP contribution is 2.27. The highest BCUT2D eigenvalue weighted by molar-refractivity contribution is 6.33. The van der Waals surface area contributed by atoms with E-state index in [1.165, 1.54) is 18.2 Å². The fourth-order valence-electron chi connectivity index (χ4n) is 2.86. The summed E-state index contributed by atoms with van der Waals surface area (Å²) in [7, 11) is 0. The number of furan rings is 1. The van der Waals surface area contributed by atoms with Gasteiger partial charge in [0.15, 0.2) is 0 Å². The molecule has 3 aromatic rings. The smallest absolute Gasteiger partial charge is 0.335 e. The Kier molecular flexibility index (Phi) is 4.66. The van der Waals surface area contributed by atoms with E-state index in [1.807, 2.05) is 0 Å². The summed E-state index contributed by atoms with van der Waals surface area (Å²) in [4.78, 5) is 35.9. The molecule has 2 N–H and O–H groups in total. The average Bonchev–Trinajstić information content (AvgIpc) is 3.28. The molecule has 1 saturated heterocycles. The number of hydrogen-bond donors (Lipinski definition) is 2. The molecule has 2 aromatic carbocycles. The van der Waals surface area contributed by atoms with Crippen LogP contribution in [-0.4, -0.2) is 22.9 Å². The predicted molar refractivity (Wildman–Crippen MR) is 106 cm³/mol. The maximum Gasteiger partial charge on any atom is 0.335 e. The molecule has 8 heteroatoms. The number of nitrogens with zero attached hydrogens (tertiary/aromatic N) is 1. The number of amides is 2. The predicted octanol–water partition coefficient (Wildman–Crippen LogP) is 3.76. The Labute approximate surface area is 169 Å². The van der Waals surface area contributed by atoms with Crippen molar-refractivity contribution in [3.8, 4) is 11.3 Å². The van der Waals surface area contributed by atoms with E-state index in [1.54, 1.807) is 48.5 Å². The van der Waals surface area contributed by atoms with Gasteiger partial charge in [-0.15, -0.1) is 0 Å². The van der Waals surface area contributed by atoms with Gasteiger partial charge in [0.25, 0.3) is 11.8 Å². The molecule has 2 heterocycles. The van der Waals surface area contributed by atoms with E-state index >= 15 is 0 Å². The SMILES string of the molecule is O=C1NN(c2cccc(Cl)c2)C(=O)C1=Cc1ccc(-c2ccc(C(=O)O)cc2)o1. The number of aromatic carboxylic acids is 1. The normalized spacial score (nSPS) is 15.1. The van der Waals surface area contributed by atoms with Crippen molar-refractivity contribution >= 4 is 41.1 Å². The molecule has 144 valence electrons. The lowest BCUT2D eigenvalue weighted by Crippen LogP contribution is -2.35. The van der Waals surface area contributed by atoms with Gasteiger partial charge in [-0.1, -0.05) is 29.8 Å². The number of carbonyl (C=O) groups is 3. The molecule has 1 aliphatic heterocycles. The molecule has 0 saturated carbocycles. The van der Waals surface area contributed by atoms with Crippen LogP contribution in [0.25, 0.3) is 17.4 Å². The summed E-state index contributed by atoms with van der Waals surface area (Å²) in [6, 6.07) is 16.0. The fourth-order valence-corrected chi connectivity index (χ4v) is 3.04. The molecular formula is C21H13ClN2O5. The summed E-state index contributed by atoms with van der Waals surface area (Å²) in [5, 5.41) is 10.5. The van der Waals surface area contributed by atoms with E-state index in [0.717, 1.165) is 5.01 Å².